The Morgan fingerprint density at radius 2 is 1.72 bits per heavy atom. The molecule has 1 rings (SSSR count). The molecule has 0 fully saturated rings. The van der Waals surface area contributed by atoms with Gasteiger partial charge in [0.1, 0.15) is 0 Å². The summed E-state index contributed by atoms with van der Waals surface area (Å²) in [7, 11) is 0. The number of carboxylic acid groups (broad SMARTS) is 1. The lowest BCUT2D eigenvalue weighted by molar-refractivity contribution is -0.161. The average Bonchev–Trinajstić information content (AvgIpc) is 2.29. The number of benzene rings is 1. The van der Waals surface area contributed by atoms with Gasteiger partial charge in [-0.2, -0.15) is 0 Å². The summed E-state index contributed by atoms with van der Waals surface area (Å²) < 4.78 is 4.41. The zero-order valence-corrected chi connectivity index (χ0v) is 9.97. The molecule has 1 amide bonds. The van der Waals surface area contributed by atoms with Crippen LogP contribution in [0.2, 0.25) is 0 Å². The van der Waals surface area contributed by atoms with Gasteiger partial charge in [0.25, 0.3) is 0 Å². The molecule has 18 heavy (non-hydrogen) atoms. The number of para-hydroxylation sites is 1. The van der Waals surface area contributed by atoms with E-state index in [0.29, 0.717) is 5.69 Å². The monoisotopic (exact) mass is 251 g/mol. The van der Waals surface area contributed by atoms with E-state index < -0.39 is 23.4 Å². The third kappa shape index (κ3) is 3.31. The van der Waals surface area contributed by atoms with Crippen molar-refractivity contribution in [3.8, 4) is 0 Å². The van der Waals surface area contributed by atoms with Crippen LogP contribution in [0.1, 0.15) is 13.8 Å². The Hall–Kier alpha value is -2.37. The topological polar surface area (TPSA) is 92.7 Å². The van der Waals surface area contributed by atoms with Gasteiger partial charge in [-0.25, -0.2) is 4.79 Å². The molecule has 0 aromatic heterocycles. The van der Waals surface area contributed by atoms with Gasteiger partial charge in [-0.3, -0.25) is 14.9 Å². The van der Waals surface area contributed by atoms with E-state index in [9.17, 15) is 14.4 Å². The fourth-order valence-corrected chi connectivity index (χ4v) is 0.964. The molecule has 0 bridgehead atoms. The molecule has 0 aliphatic heterocycles. The van der Waals surface area contributed by atoms with E-state index in [0.717, 1.165) is 13.8 Å². The van der Waals surface area contributed by atoms with Crippen LogP contribution in [0.5, 0.6) is 0 Å². The van der Waals surface area contributed by atoms with Gasteiger partial charge in [0.15, 0.2) is 5.41 Å². The third-order valence-corrected chi connectivity index (χ3v) is 2.25. The van der Waals surface area contributed by atoms with Crippen LogP contribution in [0.15, 0.2) is 30.3 Å². The Labute approximate surface area is 104 Å². The van der Waals surface area contributed by atoms with Crippen molar-refractivity contribution in [2.75, 3.05) is 5.32 Å². The van der Waals surface area contributed by atoms with Crippen LogP contribution in [0, 0.1) is 5.41 Å². The van der Waals surface area contributed by atoms with Gasteiger partial charge < -0.3 is 9.84 Å². The van der Waals surface area contributed by atoms with Crippen LogP contribution in [-0.4, -0.2) is 23.1 Å². The summed E-state index contributed by atoms with van der Waals surface area (Å²) in [5.74, 6) is -2.48. The molecular weight excluding hydrogens is 238 g/mol. The lowest BCUT2D eigenvalue weighted by Crippen LogP contribution is -2.37. The van der Waals surface area contributed by atoms with Crippen molar-refractivity contribution in [1.82, 2.24) is 0 Å². The van der Waals surface area contributed by atoms with Crippen LogP contribution in [0.4, 0.5) is 10.5 Å². The molecule has 0 aliphatic carbocycles. The molecule has 0 unspecified atom stereocenters. The largest absolute Gasteiger partial charge is 0.480 e. The number of esters is 1. The van der Waals surface area contributed by atoms with E-state index in [1.165, 1.54) is 0 Å². The number of carbonyl (C=O) groups excluding carboxylic acids is 2. The highest BCUT2D eigenvalue weighted by Gasteiger charge is 2.39. The molecule has 0 radical (unpaired) electrons. The summed E-state index contributed by atoms with van der Waals surface area (Å²) in [6.07, 6.45) is -1.01. The SMILES string of the molecule is CC(C)(C(=O)O)C(=O)OC(=O)Nc1ccccc1. The number of hydrogen-bond acceptors (Lipinski definition) is 4. The maximum absolute atomic E-state index is 11.4. The van der Waals surface area contributed by atoms with E-state index >= 15 is 0 Å². The number of amides is 1. The molecule has 96 valence electrons. The first-order valence-corrected chi connectivity index (χ1v) is 5.15. The fourth-order valence-electron chi connectivity index (χ4n) is 0.964. The van der Waals surface area contributed by atoms with E-state index in [1.54, 1.807) is 30.3 Å². The van der Waals surface area contributed by atoms with Crippen molar-refractivity contribution in [2.45, 2.75) is 13.8 Å². The summed E-state index contributed by atoms with van der Waals surface area (Å²) >= 11 is 0. The normalized spacial score (nSPS) is 10.6. The highest BCUT2D eigenvalue weighted by Crippen LogP contribution is 2.18. The zero-order valence-electron chi connectivity index (χ0n) is 9.97. The highest BCUT2D eigenvalue weighted by atomic mass is 16.6. The number of nitrogens with one attached hydrogen (secondary N) is 1. The molecule has 6 nitrogen and oxygen atoms in total. The third-order valence-electron chi connectivity index (χ3n) is 2.25. The molecule has 0 aliphatic rings. The highest BCUT2D eigenvalue weighted by molar-refractivity contribution is 6.03. The first-order chi connectivity index (χ1) is 8.34. The molecule has 0 spiro atoms. The lowest BCUT2D eigenvalue weighted by atomic mass is 9.94. The molecule has 0 saturated heterocycles. The van der Waals surface area contributed by atoms with Crippen LogP contribution in [-0.2, 0) is 14.3 Å². The predicted octanol–water partition coefficient (Wildman–Crippen LogP) is 1.87. The maximum atomic E-state index is 11.4. The number of hydrogen-bond donors (Lipinski definition) is 2. The van der Waals surface area contributed by atoms with Crippen LogP contribution in [0.25, 0.3) is 0 Å². The summed E-state index contributed by atoms with van der Waals surface area (Å²) in [6.45, 7) is 2.32. The Morgan fingerprint density at radius 3 is 2.22 bits per heavy atom. The number of aliphatic carboxylic acids is 1. The Balaban J connectivity index is 2.61. The first-order valence-electron chi connectivity index (χ1n) is 5.15. The fraction of sp³-hybridized carbons (Fsp3) is 0.250. The number of carboxylic acids is 1. The lowest BCUT2D eigenvalue weighted by Gasteiger charge is -2.16. The molecule has 0 saturated carbocycles. The molecule has 6 heteroatoms. The standard InChI is InChI=1S/C12H13NO5/c1-12(2,9(14)15)10(16)18-11(17)13-8-6-4-3-5-7-8/h3-7H,1-2H3,(H,13,17)(H,14,15). The van der Waals surface area contributed by atoms with E-state index in [1.807, 2.05) is 0 Å². The second kappa shape index (κ2) is 5.31. The van der Waals surface area contributed by atoms with Crippen molar-refractivity contribution in [3.63, 3.8) is 0 Å². The smallest absolute Gasteiger partial charge is 0.419 e. The summed E-state index contributed by atoms with van der Waals surface area (Å²) in [4.78, 5) is 33.6. The van der Waals surface area contributed by atoms with Gasteiger partial charge in [0.05, 0.1) is 0 Å². The van der Waals surface area contributed by atoms with Crippen LogP contribution < -0.4 is 5.32 Å². The molecule has 2 N–H and O–H groups in total. The van der Waals surface area contributed by atoms with E-state index in [4.69, 9.17) is 5.11 Å². The zero-order chi connectivity index (χ0) is 13.8. The van der Waals surface area contributed by atoms with Crippen LogP contribution in [0.3, 0.4) is 0 Å². The average molecular weight is 251 g/mol. The van der Waals surface area contributed by atoms with E-state index in [-0.39, 0.29) is 0 Å². The Bertz CT molecular complexity index is 467. The van der Waals surface area contributed by atoms with Gasteiger partial charge in [-0.15, -0.1) is 0 Å². The van der Waals surface area contributed by atoms with Gasteiger partial charge >= 0.3 is 18.0 Å². The van der Waals surface area contributed by atoms with Crippen LogP contribution >= 0.6 is 0 Å². The number of ether oxygens (including phenoxy) is 1. The van der Waals surface area contributed by atoms with Gasteiger partial charge in [0.2, 0.25) is 0 Å². The Kier molecular flexibility index (Phi) is 4.04. The molecule has 1 aromatic carbocycles. The minimum Gasteiger partial charge on any atom is -0.480 e. The minimum atomic E-state index is -1.77. The van der Waals surface area contributed by atoms with E-state index in [2.05, 4.69) is 10.1 Å². The molecular formula is C12H13NO5. The number of rotatable bonds is 3. The molecule has 1 aromatic rings. The van der Waals surface area contributed by atoms with Gasteiger partial charge in [-0.05, 0) is 26.0 Å². The summed E-state index contributed by atoms with van der Waals surface area (Å²) in [6, 6.07) is 8.36. The minimum absolute atomic E-state index is 0.448. The number of carbonyl (C=O) groups is 3. The van der Waals surface area contributed by atoms with Crippen molar-refractivity contribution in [2.24, 2.45) is 5.41 Å². The quantitative estimate of drug-likeness (QED) is 0.632. The van der Waals surface area contributed by atoms with Crippen molar-refractivity contribution < 1.29 is 24.2 Å². The maximum Gasteiger partial charge on any atom is 0.419 e. The van der Waals surface area contributed by atoms with Crippen molar-refractivity contribution in [1.29, 1.82) is 0 Å². The number of anilines is 1. The molecule has 0 atom stereocenters. The first kappa shape index (κ1) is 13.7. The van der Waals surface area contributed by atoms with Gasteiger partial charge in [0, 0.05) is 5.69 Å². The summed E-state index contributed by atoms with van der Waals surface area (Å²) in [5, 5.41) is 11.1. The van der Waals surface area contributed by atoms with Crippen molar-refractivity contribution >= 4 is 23.7 Å². The Morgan fingerprint density at radius 1 is 1.17 bits per heavy atom. The predicted molar refractivity (Wildman–Crippen MR) is 63.0 cm³/mol. The second-order valence-corrected chi connectivity index (χ2v) is 4.10. The van der Waals surface area contributed by atoms with Crippen molar-refractivity contribution in [3.05, 3.63) is 30.3 Å². The molecule has 0 heterocycles. The second-order valence-electron chi connectivity index (χ2n) is 4.10. The summed E-state index contributed by atoms with van der Waals surface area (Å²) in [5.41, 5.74) is -1.32. The van der Waals surface area contributed by atoms with Gasteiger partial charge in [-0.1, -0.05) is 18.2 Å².